The maximum atomic E-state index is 12.5. The predicted molar refractivity (Wildman–Crippen MR) is 84.3 cm³/mol. The van der Waals surface area contributed by atoms with Crippen molar-refractivity contribution in [1.29, 1.82) is 0 Å². The molecule has 0 aliphatic rings. The molecule has 0 amide bonds. The van der Waals surface area contributed by atoms with Crippen LogP contribution in [0, 0.1) is 6.92 Å². The first-order chi connectivity index (χ1) is 9.88. The van der Waals surface area contributed by atoms with E-state index < -0.39 is 9.84 Å². The fourth-order valence-electron chi connectivity index (χ4n) is 2.09. The number of rotatable bonds is 5. The maximum Gasteiger partial charge on any atom is 0.182 e. The first-order valence-corrected chi connectivity index (χ1v) is 8.58. The van der Waals surface area contributed by atoms with E-state index in [0.29, 0.717) is 16.2 Å². The lowest BCUT2D eigenvalue weighted by Crippen LogP contribution is -2.10. The molecule has 21 heavy (non-hydrogen) atoms. The molecular formula is C17H20O3S. The zero-order valence-corrected chi connectivity index (χ0v) is 13.4. The van der Waals surface area contributed by atoms with Gasteiger partial charge >= 0.3 is 0 Å². The summed E-state index contributed by atoms with van der Waals surface area (Å²) in [6.45, 7) is 5.73. The van der Waals surface area contributed by atoms with Crippen LogP contribution in [0.4, 0.5) is 0 Å². The van der Waals surface area contributed by atoms with Crippen LogP contribution in [0.2, 0.25) is 0 Å². The second kappa shape index (κ2) is 6.31. The summed E-state index contributed by atoms with van der Waals surface area (Å²) >= 11 is 0. The number of ether oxygens (including phenoxy) is 1. The molecule has 0 aliphatic carbocycles. The molecule has 0 aliphatic heterocycles. The fourth-order valence-corrected chi connectivity index (χ4v) is 3.55. The normalized spacial score (nSPS) is 11.6. The summed E-state index contributed by atoms with van der Waals surface area (Å²) in [6.07, 6.45) is 0.00724. The molecule has 0 bridgehead atoms. The van der Waals surface area contributed by atoms with Gasteiger partial charge in [-0.25, -0.2) is 8.42 Å². The molecule has 2 aromatic rings. The summed E-state index contributed by atoms with van der Waals surface area (Å²) in [5.74, 6) is 0.572. The molecule has 0 saturated carbocycles. The minimum absolute atomic E-state index is 0.00724. The minimum atomic E-state index is -3.37. The molecule has 0 heterocycles. The number of benzene rings is 2. The standard InChI is InChI=1S/C17H20O3S/c1-13(2)20-17-10-5-4-8-15(17)12-21(18,19)16-9-6-7-14(3)11-16/h4-11,13H,12H2,1-3H3. The van der Waals surface area contributed by atoms with E-state index in [-0.39, 0.29) is 11.9 Å². The molecule has 2 aromatic carbocycles. The summed E-state index contributed by atoms with van der Waals surface area (Å²) in [5, 5.41) is 0. The van der Waals surface area contributed by atoms with E-state index in [1.165, 1.54) is 0 Å². The van der Waals surface area contributed by atoms with Crippen molar-refractivity contribution in [3.8, 4) is 5.75 Å². The van der Waals surface area contributed by atoms with Gasteiger partial charge in [-0.1, -0.05) is 30.3 Å². The van der Waals surface area contributed by atoms with Crippen molar-refractivity contribution >= 4 is 9.84 Å². The van der Waals surface area contributed by atoms with E-state index in [0.717, 1.165) is 5.56 Å². The van der Waals surface area contributed by atoms with E-state index >= 15 is 0 Å². The Bertz CT molecular complexity index is 718. The Morgan fingerprint density at radius 1 is 1.05 bits per heavy atom. The molecule has 0 aromatic heterocycles. The lowest BCUT2D eigenvalue weighted by atomic mass is 10.2. The average molecular weight is 304 g/mol. The molecule has 4 heteroatoms. The Hall–Kier alpha value is -1.81. The molecular weight excluding hydrogens is 284 g/mol. The molecule has 0 fully saturated rings. The van der Waals surface area contributed by atoms with Crippen molar-refractivity contribution in [2.24, 2.45) is 0 Å². The summed E-state index contributed by atoms with van der Waals surface area (Å²) in [4.78, 5) is 0.349. The first-order valence-electron chi connectivity index (χ1n) is 6.92. The van der Waals surface area contributed by atoms with E-state index in [9.17, 15) is 8.42 Å². The predicted octanol–water partition coefficient (Wildman–Crippen LogP) is 3.76. The van der Waals surface area contributed by atoms with Crippen LogP contribution < -0.4 is 4.74 Å². The van der Waals surface area contributed by atoms with Gasteiger partial charge in [0.1, 0.15) is 5.75 Å². The molecule has 0 unspecified atom stereocenters. The highest BCUT2D eigenvalue weighted by Gasteiger charge is 2.18. The Balaban J connectivity index is 2.33. The van der Waals surface area contributed by atoms with Gasteiger partial charge in [0.15, 0.2) is 9.84 Å². The van der Waals surface area contributed by atoms with Crippen molar-refractivity contribution in [3.05, 3.63) is 59.7 Å². The van der Waals surface area contributed by atoms with Gasteiger partial charge in [0.2, 0.25) is 0 Å². The van der Waals surface area contributed by atoms with Crippen molar-refractivity contribution < 1.29 is 13.2 Å². The highest BCUT2D eigenvalue weighted by Crippen LogP contribution is 2.25. The Labute approximate surface area is 126 Å². The lowest BCUT2D eigenvalue weighted by Gasteiger charge is -2.14. The minimum Gasteiger partial charge on any atom is -0.491 e. The van der Waals surface area contributed by atoms with Gasteiger partial charge in [0.05, 0.1) is 16.8 Å². The highest BCUT2D eigenvalue weighted by molar-refractivity contribution is 7.90. The fraction of sp³-hybridized carbons (Fsp3) is 0.294. The molecule has 0 radical (unpaired) electrons. The second-order valence-electron chi connectivity index (χ2n) is 5.35. The van der Waals surface area contributed by atoms with E-state index in [1.54, 1.807) is 30.3 Å². The smallest absolute Gasteiger partial charge is 0.182 e. The third-order valence-electron chi connectivity index (χ3n) is 3.03. The summed E-state index contributed by atoms with van der Waals surface area (Å²) in [7, 11) is -3.37. The topological polar surface area (TPSA) is 43.4 Å². The van der Waals surface area contributed by atoms with Crippen molar-refractivity contribution in [3.63, 3.8) is 0 Å². The van der Waals surface area contributed by atoms with Gasteiger partial charge in [-0.3, -0.25) is 0 Å². The van der Waals surface area contributed by atoms with Crippen LogP contribution in [-0.4, -0.2) is 14.5 Å². The quantitative estimate of drug-likeness (QED) is 0.845. The van der Waals surface area contributed by atoms with Gasteiger partial charge < -0.3 is 4.74 Å². The van der Waals surface area contributed by atoms with Gasteiger partial charge in [-0.15, -0.1) is 0 Å². The zero-order chi connectivity index (χ0) is 15.5. The number of hydrogen-bond acceptors (Lipinski definition) is 3. The number of aryl methyl sites for hydroxylation is 1. The number of para-hydroxylation sites is 1. The van der Waals surface area contributed by atoms with E-state index in [2.05, 4.69) is 0 Å². The van der Waals surface area contributed by atoms with E-state index in [4.69, 9.17) is 4.74 Å². The molecule has 112 valence electrons. The van der Waals surface area contributed by atoms with Crippen LogP contribution >= 0.6 is 0 Å². The monoisotopic (exact) mass is 304 g/mol. The SMILES string of the molecule is Cc1cccc(S(=O)(=O)Cc2ccccc2OC(C)C)c1. The van der Waals surface area contributed by atoms with Crippen molar-refractivity contribution in [1.82, 2.24) is 0 Å². The van der Waals surface area contributed by atoms with Crippen LogP contribution in [0.15, 0.2) is 53.4 Å². The first kappa shape index (κ1) is 15.6. The van der Waals surface area contributed by atoms with Gasteiger partial charge in [-0.05, 0) is 44.5 Å². The van der Waals surface area contributed by atoms with Crippen LogP contribution in [0.3, 0.4) is 0 Å². The summed E-state index contributed by atoms with van der Waals surface area (Å²) < 4.78 is 30.8. The second-order valence-corrected chi connectivity index (χ2v) is 7.34. The highest BCUT2D eigenvalue weighted by atomic mass is 32.2. The number of hydrogen-bond donors (Lipinski definition) is 0. The van der Waals surface area contributed by atoms with Crippen LogP contribution in [0.5, 0.6) is 5.75 Å². The van der Waals surface area contributed by atoms with Gasteiger partial charge in [0, 0.05) is 5.56 Å². The molecule has 0 N–H and O–H groups in total. The Kier molecular flexibility index (Phi) is 4.68. The molecule has 0 saturated heterocycles. The third-order valence-corrected chi connectivity index (χ3v) is 4.69. The number of sulfone groups is 1. The Morgan fingerprint density at radius 2 is 1.76 bits per heavy atom. The van der Waals surface area contributed by atoms with Gasteiger partial charge in [-0.2, -0.15) is 0 Å². The lowest BCUT2D eigenvalue weighted by molar-refractivity contribution is 0.240. The summed E-state index contributed by atoms with van der Waals surface area (Å²) in [5.41, 5.74) is 1.62. The zero-order valence-electron chi connectivity index (χ0n) is 12.5. The molecule has 3 nitrogen and oxygen atoms in total. The van der Waals surface area contributed by atoms with Crippen LogP contribution in [0.1, 0.15) is 25.0 Å². The third kappa shape index (κ3) is 4.08. The Morgan fingerprint density at radius 3 is 2.43 bits per heavy atom. The summed E-state index contributed by atoms with van der Waals surface area (Å²) in [6, 6.07) is 14.3. The van der Waals surface area contributed by atoms with Crippen molar-refractivity contribution in [2.45, 2.75) is 37.5 Å². The molecule has 2 rings (SSSR count). The van der Waals surface area contributed by atoms with Crippen molar-refractivity contribution in [2.75, 3.05) is 0 Å². The molecule has 0 atom stereocenters. The van der Waals surface area contributed by atoms with Gasteiger partial charge in [0.25, 0.3) is 0 Å². The average Bonchev–Trinajstić information content (AvgIpc) is 2.40. The maximum absolute atomic E-state index is 12.5. The van der Waals surface area contributed by atoms with E-state index in [1.807, 2.05) is 39.0 Å². The van der Waals surface area contributed by atoms with Crippen LogP contribution in [-0.2, 0) is 15.6 Å². The molecule has 0 spiro atoms. The van der Waals surface area contributed by atoms with Crippen LogP contribution in [0.25, 0.3) is 0 Å². The largest absolute Gasteiger partial charge is 0.491 e.